The van der Waals surface area contributed by atoms with Gasteiger partial charge in [-0.2, -0.15) is 4.31 Å². The van der Waals surface area contributed by atoms with Gasteiger partial charge in [0.1, 0.15) is 0 Å². The predicted molar refractivity (Wildman–Crippen MR) is 87.3 cm³/mol. The van der Waals surface area contributed by atoms with Gasteiger partial charge in [0.15, 0.2) is 0 Å². The Balaban J connectivity index is 1.65. The molecule has 2 saturated heterocycles. The van der Waals surface area contributed by atoms with Gasteiger partial charge in [-0.1, -0.05) is 18.2 Å². The first-order chi connectivity index (χ1) is 10.9. The molecule has 7 heteroatoms. The summed E-state index contributed by atoms with van der Waals surface area (Å²) in [7, 11) is 0.340. The molecule has 1 aromatic carbocycles. The van der Waals surface area contributed by atoms with Crippen LogP contribution in [0.3, 0.4) is 0 Å². The van der Waals surface area contributed by atoms with Gasteiger partial charge in [0, 0.05) is 26.2 Å². The highest BCUT2D eigenvalue weighted by molar-refractivity contribution is 7.89. The molecule has 2 atom stereocenters. The first-order valence-electron chi connectivity index (χ1n) is 7.85. The van der Waals surface area contributed by atoms with Crippen LogP contribution >= 0.6 is 0 Å². The lowest BCUT2D eigenvalue weighted by Crippen LogP contribution is -2.39. The Morgan fingerprint density at radius 3 is 2.17 bits per heavy atom. The van der Waals surface area contributed by atoms with Crippen LogP contribution in [0.2, 0.25) is 0 Å². The van der Waals surface area contributed by atoms with Gasteiger partial charge in [-0.05, 0) is 38.1 Å². The first kappa shape index (κ1) is 16.4. The molecule has 1 amide bonds. The Morgan fingerprint density at radius 1 is 1.09 bits per heavy atom. The molecule has 6 nitrogen and oxygen atoms in total. The molecule has 2 heterocycles. The fourth-order valence-electron chi connectivity index (χ4n) is 3.46. The number of hydrogen-bond acceptors (Lipinski definition) is 4. The van der Waals surface area contributed by atoms with E-state index in [2.05, 4.69) is 0 Å². The van der Waals surface area contributed by atoms with Gasteiger partial charge >= 0.3 is 0 Å². The molecular formula is C16H23N3O3S. The number of sulfonamides is 1. The lowest BCUT2D eigenvalue weighted by molar-refractivity contribution is -0.131. The number of benzene rings is 1. The van der Waals surface area contributed by atoms with E-state index in [4.69, 9.17) is 0 Å². The third-order valence-corrected chi connectivity index (χ3v) is 6.48. The number of amides is 1. The third kappa shape index (κ3) is 3.27. The molecule has 3 rings (SSSR count). The van der Waals surface area contributed by atoms with Crippen LogP contribution in [0.25, 0.3) is 0 Å². The van der Waals surface area contributed by atoms with Crippen LogP contribution in [0.1, 0.15) is 0 Å². The normalized spacial score (nSPS) is 25.1. The summed E-state index contributed by atoms with van der Waals surface area (Å²) in [5.74, 6) is 0.626. The quantitative estimate of drug-likeness (QED) is 0.794. The highest BCUT2D eigenvalue weighted by Gasteiger charge is 2.45. The van der Waals surface area contributed by atoms with E-state index in [-0.39, 0.29) is 17.7 Å². The molecule has 2 aliphatic rings. The van der Waals surface area contributed by atoms with E-state index in [1.807, 2.05) is 30.0 Å². The summed E-state index contributed by atoms with van der Waals surface area (Å²) in [4.78, 5) is 16.2. The van der Waals surface area contributed by atoms with E-state index in [1.54, 1.807) is 28.6 Å². The number of fused-ring (bicyclic) bond motifs is 1. The number of hydrogen-bond donors (Lipinski definition) is 0. The summed E-state index contributed by atoms with van der Waals surface area (Å²) < 4.78 is 26.9. The minimum Gasteiger partial charge on any atom is -0.341 e. The molecule has 2 fully saturated rings. The SMILES string of the molecule is CN(C)CC(=O)N1CC2CN(S(=O)(=O)c3ccccc3)CC2C1. The van der Waals surface area contributed by atoms with Crippen molar-refractivity contribution in [1.82, 2.24) is 14.1 Å². The van der Waals surface area contributed by atoms with E-state index >= 15 is 0 Å². The number of carbonyl (C=O) groups is 1. The summed E-state index contributed by atoms with van der Waals surface area (Å²) in [6.45, 7) is 2.75. The van der Waals surface area contributed by atoms with Crippen molar-refractivity contribution in [1.29, 1.82) is 0 Å². The maximum absolute atomic E-state index is 12.7. The second-order valence-corrected chi connectivity index (χ2v) is 8.63. The van der Waals surface area contributed by atoms with Crippen molar-refractivity contribution in [2.24, 2.45) is 11.8 Å². The summed E-state index contributed by atoms with van der Waals surface area (Å²) >= 11 is 0. The molecule has 126 valence electrons. The fraction of sp³-hybridized carbons (Fsp3) is 0.562. The predicted octanol–water partition coefficient (Wildman–Crippen LogP) is 0.327. The largest absolute Gasteiger partial charge is 0.341 e. The summed E-state index contributed by atoms with van der Waals surface area (Å²) in [5.41, 5.74) is 0. The van der Waals surface area contributed by atoms with Gasteiger partial charge in [-0.25, -0.2) is 8.42 Å². The van der Waals surface area contributed by atoms with Crippen LogP contribution in [0.4, 0.5) is 0 Å². The van der Waals surface area contributed by atoms with Gasteiger partial charge in [0.25, 0.3) is 0 Å². The first-order valence-corrected chi connectivity index (χ1v) is 9.29. The van der Waals surface area contributed by atoms with Crippen molar-refractivity contribution in [3.63, 3.8) is 0 Å². The maximum Gasteiger partial charge on any atom is 0.243 e. The van der Waals surface area contributed by atoms with E-state index in [0.29, 0.717) is 37.6 Å². The van der Waals surface area contributed by atoms with Crippen LogP contribution in [-0.4, -0.2) is 75.2 Å². The Hall–Kier alpha value is -1.44. The zero-order valence-electron chi connectivity index (χ0n) is 13.6. The van der Waals surface area contributed by atoms with Gasteiger partial charge < -0.3 is 9.80 Å². The average Bonchev–Trinajstić information content (AvgIpc) is 3.06. The maximum atomic E-state index is 12.7. The zero-order valence-corrected chi connectivity index (χ0v) is 14.4. The lowest BCUT2D eigenvalue weighted by atomic mass is 10.0. The Labute approximate surface area is 137 Å². The molecule has 0 aromatic heterocycles. The van der Waals surface area contributed by atoms with E-state index in [1.165, 1.54) is 0 Å². The Kier molecular flexibility index (Phi) is 4.44. The standard InChI is InChI=1S/C16H23N3O3S/c1-17(2)12-16(20)18-8-13-10-19(11-14(13)9-18)23(21,22)15-6-4-3-5-7-15/h3-7,13-14H,8-12H2,1-2H3. The van der Waals surface area contributed by atoms with E-state index < -0.39 is 10.0 Å². The number of likely N-dealkylation sites (N-methyl/N-ethyl adjacent to an activating group) is 1. The van der Waals surface area contributed by atoms with Crippen molar-refractivity contribution in [3.05, 3.63) is 30.3 Å². The molecule has 0 spiro atoms. The topological polar surface area (TPSA) is 60.9 Å². The van der Waals surface area contributed by atoms with Crippen LogP contribution in [0, 0.1) is 11.8 Å². The molecule has 0 N–H and O–H groups in total. The van der Waals surface area contributed by atoms with Gasteiger partial charge in [0.05, 0.1) is 11.4 Å². The van der Waals surface area contributed by atoms with Gasteiger partial charge in [-0.3, -0.25) is 4.79 Å². The van der Waals surface area contributed by atoms with Crippen molar-refractivity contribution in [2.45, 2.75) is 4.90 Å². The number of likely N-dealkylation sites (tertiary alicyclic amines) is 1. The zero-order chi connectivity index (χ0) is 16.6. The second kappa shape index (κ2) is 6.22. The second-order valence-electron chi connectivity index (χ2n) is 6.69. The fourth-order valence-corrected chi connectivity index (χ4v) is 5.04. The Morgan fingerprint density at radius 2 is 1.65 bits per heavy atom. The summed E-state index contributed by atoms with van der Waals surface area (Å²) in [5, 5.41) is 0. The molecule has 2 unspecified atom stereocenters. The molecule has 0 bridgehead atoms. The van der Waals surface area contributed by atoms with Gasteiger partial charge in [-0.15, -0.1) is 0 Å². The smallest absolute Gasteiger partial charge is 0.243 e. The molecule has 0 radical (unpaired) electrons. The van der Waals surface area contributed by atoms with Crippen LogP contribution in [-0.2, 0) is 14.8 Å². The van der Waals surface area contributed by atoms with Crippen molar-refractivity contribution in [3.8, 4) is 0 Å². The van der Waals surface area contributed by atoms with Gasteiger partial charge in [0.2, 0.25) is 15.9 Å². The average molecular weight is 337 g/mol. The molecule has 23 heavy (non-hydrogen) atoms. The van der Waals surface area contributed by atoms with E-state index in [9.17, 15) is 13.2 Å². The number of nitrogens with zero attached hydrogens (tertiary/aromatic N) is 3. The third-order valence-electron chi connectivity index (χ3n) is 4.64. The molecule has 0 saturated carbocycles. The van der Waals surface area contributed by atoms with E-state index in [0.717, 1.165) is 0 Å². The highest BCUT2D eigenvalue weighted by Crippen LogP contribution is 2.34. The lowest BCUT2D eigenvalue weighted by Gasteiger charge is -2.22. The number of rotatable bonds is 4. The van der Waals surface area contributed by atoms with Crippen LogP contribution < -0.4 is 0 Å². The summed E-state index contributed by atoms with van der Waals surface area (Å²) in [6, 6.07) is 8.57. The monoisotopic (exact) mass is 337 g/mol. The number of carbonyl (C=O) groups excluding carboxylic acids is 1. The molecule has 2 aliphatic heterocycles. The minimum absolute atomic E-state index is 0.127. The van der Waals surface area contributed by atoms with Crippen molar-refractivity contribution >= 4 is 15.9 Å². The molecular weight excluding hydrogens is 314 g/mol. The van der Waals surface area contributed by atoms with Crippen molar-refractivity contribution in [2.75, 3.05) is 46.8 Å². The minimum atomic E-state index is -3.42. The van der Waals surface area contributed by atoms with Crippen LogP contribution in [0.5, 0.6) is 0 Å². The highest BCUT2D eigenvalue weighted by atomic mass is 32.2. The Bertz CT molecular complexity index is 661. The molecule has 1 aromatic rings. The van der Waals surface area contributed by atoms with Crippen molar-refractivity contribution < 1.29 is 13.2 Å². The summed E-state index contributed by atoms with van der Waals surface area (Å²) in [6.07, 6.45) is 0. The van der Waals surface area contributed by atoms with Crippen LogP contribution in [0.15, 0.2) is 35.2 Å². The molecule has 0 aliphatic carbocycles.